The van der Waals surface area contributed by atoms with Crippen LogP contribution in [0.4, 0.5) is 5.82 Å². The molecule has 0 unspecified atom stereocenters. The van der Waals surface area contributed by atoms with E-state index in [1.165, 1.54) is 0 Å². The summed E-state index contributed by atoms with van der Waals surface area (Å²) < 4.78 is 6.07. The molecule has 1 rings (SSSR count). The van der Waals surface area contributed by atoms with E-state index in [4.69, 9.17) is 10.5 Å². The van der Waals surface area contributed by atoms with E-state index < -0.39 is 0 Å². The summed E-state index contributed by atoms with van der Waals surface area (Å²) in [5.41, 5.74) is 5.54. The van der Waals surface area contributed by atoms with Gasteiger partial charge in [-0.1, -0.05) is 12.7 Å². The third-order valence-corrected chi connectivity index (χ3v) is 1.64. The van der Waals surface area contributed by atoms with Gasteiger partial charge in [-0.2, -0.15) is 0 Å². The van der Waals surface area contributed by atoms with Crippen LogP contribution in [0.25, 0.3) is 0 Å². The lowest BCUT2D eigenvalue weighted by Gasteiger charge is -2.05. The molecule has 0 bridgehead atoms. The van der Waals surface area contributed by atoms with Crippen molar-refractivity contribution in [3.63, 3.8) is 0 Å². The van der Waals surface area contributed by atoms with Crippen LogP contribution in [-0.2, 0) is 0 Å². The minimum atomic E-state index is 0.389. The summed E-state index contributed by atoms with van der Waals surface area (Å²) in [7, 11) is 0. The SMILES string of the molecule is C=CCOc1cc(Br)cnc1N. The molecule has 0 saturated carbocycles. The smallest absolute Gasteiger partial charge is 0.166 e. The van der Waals surface area contributed by atoms with Gasteiger partial charge in [0, 0.05) is 10.7 Å². The van der Waals surface area contributed by atoms with Crippen LogP contribution >= 0.6 is 15.9 Å². The minimum absolute atomic E-state index is 0.389. The number of rotatable bonds is 3. The Morgan fingerprint density at radius 1 is 1.75 bits per heavy atom. The van der Waals surface area contributed by atoms with Crippen molar-refractivity contribution in [3.8, 4) is 5.75 Å². The lowest BCUT2D eigenvalue weighted by atomic mass is 10.4. The Hall–Kier alpha value is -1.03. The van der Waals surface area contributed by atoms with Crippen molar-refractivity contribution < 1.29 is 4.74 Å². The van der Waals surface area contributed by atoms with Crippen LogP contribution in [0.1, 0.15) is 0 Å². The first-order valence-corrected chi connectivity index (χ1v) is 4.18. The molecule has 2 N–H and O–H groups in total. The van der Waals surface area contributed by atoms with Crippen LogP contribution in [0.2, 0.25) is 0 Å². The third-order valence-electron chi connectivity index (χ3n) is 1.21. The number of pyridine rings is 1. The topological polar surface area (TPSA) is 48.1 Å². The van der Waals surface area contributed by atoms with Crippen molar-refractivity contribution in [1.82, 2.24) is 4.98 Å². The molecule has 0 amide bonds. The zero-order valence-corrected chi connectivity index (χ0v) is 8.04. The van der Waals surface area contributed by atoms with Crippen LogP contribution in [0, 0.1) is 0 Å². The van der Waals surface area contributed by atoms with Gasteiger partial charge in [-0.25, -0.2) is 4.98 Å². The molecule has 12 heavy (non-hydrogen) atoms. The lowest BCUT2D eigenvalue weighted by molar-refractivity contribution is 0.363. The summed E-state index contributed by atoms with van der Waals surface area (Å²) in [4.78, 5) is 3.90. The van der Waals surface area contributed by atoms with Gasteiger partial charge in [-0.3, -0.25) is 0 Å². The fourth-order valence-corrected chi connectivity index (χ4v) is 1.01. The number of hydrogen-bond acceptors (Lipinski definition) is 3. The molecule has 0 aliphatic carbocycles. The van der Waals surface area contributed by atoms with Crippen molar-refractivity contribution in [1.29, 1.82) is 0 Å². The maximum absolute atomic E-state index is 5.54. The first kappa shape index (κ1) is 9.06. The number of hydrogen-bond donors (Lipinski definition) is 1. The van der Waals surface area contributed by atoms with E-state index in [1.54, 1.807) is 18.3 Å². The number of ether oxygens (including phenoxy) is 1. The van der Waals surface area contributed by atoms with E-state index >= 15 is 0 Å². The highest BCUT2D eigenvalue weighted by Gasteiger charge is 2.00. The molecule has 0 spiro atoms. The highest BCUT2D eigenvalue weighted by molar-refractivity contribution is 9.10. The summed E-state index contributed by atoms with van der Waals surface area (Å²) in [5.74, 6) is 0.962. The molecule has 1 aromatic heterocycles. The van der Waals surface area contributed by atoms with Gasteiger partial charge >= 0.3 is 0 Å². The van der Waals surface area contributed by atoms with Crippen LogP contribution < -0.4 is 10.5 Å². The van der Waals surface area contributed by atoms with Crippen LogP contribution in [0.5, 0.6) is 5.75 Å². The zero-order valence-electron chi connectivity index (χ0n) is 6.46. The lowest BCUT2D eigenvalue weighted by Crippen LogP contribution is -1.99. The van der Waals surface area contributed by atoms with Gasteiger partial charge in [0.25, 0.3) is 0 Å². The van der Waals surface area contributed by atoms with Crippen molar-refractivity contribution in [3.05, 3.63) is 29.4 Å². The average Bonchev–Trinajstić information content (AvgIpc) is 2.07. The van der Waals surface area contributed by atoms with Gasteiger partial charge in [0.1, 0.15) is 6.61 Å². The fraction of sp³-hybridized carbons (Fsp3) is 0.125. The molecule has 0 aliphatic rings. The molecular formula is C8H9BrN2O. The van der Waals surface area contributed by atoms with Crippen LogP contribution in [0.3, 0.4) is 0 Å². The summed E-state index contributed by atoms with van der Waals surface area (Å²) in [6, 6.07) is 1.77. The van der Waals surface area contributed by atoms with E-state index in [0.29, 0.717) is 18.2 Å². The van der Waals surface area contributed by atoms with Crippen molar-refractivity contribution in [2.75, 3.05) is 12.3 Å². The van der Waals surface area contributed by atoms with Gasteiger partial charge in [-0.15, -0.1) is 0 Å². The van der Waals surface area contributed by atoms with E-state index in [1.807, 2.05) is 0 Å². The van der Waals surface area contributed by atoms with Crippen LogP contribution in [-0.4, -0.2) is 11.6 Å². The molecular weight excluding hydrogens is 220 g/mol. The monoisotopic (exact) mass is 228 g/mol. The number of anilines is 1. The molecule has 64 valence electrons. The summed E-state index contributed by atoms with van der Waals surface area (Å²) >= 11 is 3.26. The number of aromatic nitrogens is 1. The summed E-state index contributed by atoms with van der Waals surface area (Å²) in [6.07, 6.45) is 3.27. The number of nitrogen functional groups attached to an aromatic ring is 1. The largest absolute Gasteiger partial charge is 0.486 e. The van der Waals surface area contributed by atoms with Gasteiger partial charge < -0.3 is 10.5 Å². The van der Waals surface area contributed by atoms with Gasteiger partial charge in [0.15, 0.2) is 11.6 Å². The van der Waals surface area contributed by atoms with E-state index in [2.05, 4.69) is 27.5 Å². The third kappa shape index (κ3) is 2.23. The Bertz CT molecular complexity index is 288. The maximum Gasteiger partial charge on any atom is 0.166 e. The Kier molecular flexibility index (Phi) is 3.10. The molecule has 1 aromatic rings. The fourth-order valence-electron chi connectivity index (χ4n) is 0.696. The second-order valence-corrected chi connectivity index (χ2v) is 3.05. The maximum atomic E-state index is 5.54. The minimum Gasteiger partial charge on any atom is -0.486 e. The molecule has 3 nitrogen and oxygen atoms in total. The van der Waals surface area contributed by atoms with E-state index in [-0.39, 0.29) is 0 Å². The van der Waals surface area contributed by atoms with E-state index in [9.17, 15) is 0 Å². The predicted molar refractivity (Wildman–Crippen MR) is 52.0 cm³/mol. The highest BCUT2D eigenvalue weighted by atomic mass is 79.9. The summed E-state index contributed by atoms with van der Waals surface area (Å²) in [6.45, 7) is 3.96. The molecule has 0 aromatic carbocycles. The predicted octanol–water partition coefficient (Wildman–Crippen LogP) is 1.99. The first-order valence-electron chi connectivity index (χ1n) is 3.38. The summed E-state index contributed by atoms with van der Waals surface area (Å²) in [5, 5.41) is 0. The molecule has 0 atom stereocenters. The molecule has 0 aliphatic heterocycles. The Labute approximate surface area is 79.4 Å². The van der Waals surface area contributed by atoms with Gasteiger partial charge in [0.2, 0.25) is 0 Å². The number of nitrogens with zero attached hydrogens (tertiary/aromatic N) is 1. The number of halogens is 1. The Morgan fingerprint density at radius 2 is 2.50 bits per heavy atom. The quantitative estimate of drug-likeness (QED) is 0.806. The first-order chi connectivity index (χ1) is 5.74. The second kappa shape index (κ2) is 4.11. The Balaban J connectivity index is 2.82. The van der Waals surface area contributed by atoms with Gasteiger partial charge in [-0.05, 0) is 22.0 Å². The molecule has 4 heteroatoms. The average molecular weight is 229 g/mol. The van der Waals surface area contributed by atoms with Gasteiger partial charge in [0.05, 0.1) is 0 Å². The molecule has 0 radical (unpaired) electrons. The standard InChI is InChI=1S/C8H9BrN2O/c1-2-3-12-7-4-6(9)5-11-8(7)10/h2,4-5H,1,3H2,(H2,10,11). The molecule has 0 fully saturated rings. The highest BCUT2D eigenvalue weighted by Crippen LogP contribution is 2.22. The molecule has 1 heterocycles. The Morgan fingerprint density at radius 3 is 3.17 bits per heavy atom. The van der Waals surface area contributed by atoms with Crippen molar-refractivity contribution in [2.45, 2.75) is 0 Å². The number of nitrogens with two attached hydrogens (primary N) is 1. The van der Waals surface area contributed by atoms with Crippen molar-refractivity contribution >= 4 is 21.7 Å². The van der Waals surface area contributed by atoms with E-state index in [0.717, 1.165) is 4.47 Å². The zero-order chi connectivity index (χ0) is 8.97. The second-order valence-electron chi connectivity index (χ2n) is 2.14. The molecule has 0 saturated heterocycles. The van der Waals surface area contributed by atoms with Crippen molar-refractivity contribution in [2.24, 2.45) is 0 Å². The van der Waals surface area contributed by atoms with Crippen LogP contribution in [0.15, 0.2) is 29.4 Å². The normalized spacial score (nSPS) is 9.42.